The van der Waals surface area contributed by atoms with Gasteiger partial charge < -0.3 is 14.6 Å². The molecule has 5 rings (SSSR count). The van der Waals surface area contributed by atoms with Crippen molar-refractivity contribution in [3.8, 4) is 5.75 Å². The molecular formula is C29H37N7O2. The Labute approximate surface area is 223 Å². The fourth-order valence-corrected chi connectivity index (χ4v) is 5.35. The number of para-hydroxylation sites is 2. The molecule has 3 heterocycles. The number of fused-ring (bicyclic) bond motifs is 1. The largest absolute Gasteiger partial charge is 0.495 e. The zero-order valence-electron chi connectivity index (χ0n) is 23.2. The average Bonchev–Trinajstić information content (AvgIpc) is 3.42. The van der Waals surface area contributed by atoms with Crippen molar-refractivity contribution in [2.24, 2.45) is 0 Å². The first-order chi connectivity index (χ1) is 18.2. The Hall–Kier alpha value is -3.72. The fourth-order valence-electron chi connectivity index (χ4n) is 5.35. The van der Waals surface area contributed by atoms with Gasteiger partial charge in [0, 0.05) is 37.1 Å². The molecule has 4 aromatic rings. The van der Waals surface area contributed by atoms with Crippen molar-refractivity contribution in [2.45, 2.75) is 52.6 Å². The number of ether oxygens (including phenoxy) is 1. The van der Waals surface area contributed by atoms with E-state index in [1.165, 1.54) is 0 Å². The van der Waals surface area contributed by atoms with E-state index in [-0.39, 0.29) is 17.1 Å². The summed E-state index contributed by atoms with van der Waals surface area (Å²) in [7, 11) is 1.70. The van der Waals surface area contributed by atoms with Crippen LogP contribution in [0.2, 0.25) is 0 Å². The minimum atomic E-state index is -0.385. The highest BCUT2D eigenvalue weighted by molar-refractivity contribution is 5.85. The normalized spacial score (nSPS) is 15.7. The molecule has 0 spiro atoms. The van der Waals surface area contributed by atoms with Gasteiger partial charge >= 0.3 is 0 Å². The Morgan fingerprint density at radius 1 is 1.05 bits per heavy atom. The number of nitrogens with zero attached hydrogens (tertiary/aromatic N) is 6. The van der Waals surface area contributed by atoms with Crippen molar-refractivity contribution >= 4 is 16.6 Å². The lowest BCUT2D eigenvalue weighted by Crippen LogP contribution is -2.49. The highest BCUT2D eigenvalue weighted by atomic mass is 16.5. The van der Waals surface area contributed by atoms with Crippen LogP contribution < -0.4 is 15.2 Å². The molecule has 2 aromatic heterocycles. The second-order valence-electron chi connectivity index (χ2n) is 10.8. The second kappa shape index (κ2) is 10.2. The predicted molar refractivity (Wildman–Crippen MR) is 150 cm³/mol. The molecule has 0 aliphatic carbocycles. The Bertz CT molecular complexity index is 1500. The molecule has 9 heteroatoms. The van der Waals surface area contributed by atoms with E-state index in [0.717, 1.165) is 66.1 Å². The van der Waals surface area contributed by atoms with Crippen LogP contribution in [0.3, 0.4) is 0 Å². The minimum absolute atomic E-state index is 0.104. The maximum absolute atomic E-state index is 13.7. The number of rotatable bonds is 7. The second-order valence-corrected chi connectivity index (χ2v) is 10.8. The van der Waals surface area contributed by atoms with E-state index in [9.17, 15) is 4.79 Å². The molecule has 38 heavy (non-hydrogen) atoms. The van der Waals surface area contributed by atoms with Crippen molar-refractivity contribution in [1.29, 1.82) is 0 Å². The number of hydrogen-bond donors (Lipinski definition) is 1. The average molecular weight is 516 g/mol. The summed E-state index contributed by atoms with van der Waals surface area (Å²) < 4.78 is 7.51. The molecule has 0 bridgehead atoms. The number of anilines is 1. The standard InChI is InChI=1S/C29H37N7O2/c1-7-29(4,5)36-27(31-32-33-36)26(22-18-21-19(2)12-13-20(3)25(21)30-28(22)37)35-16-14-34(15-17-35)23-10-8-9-11-24(23)38-6/h8-13,18,26H,7,14-17H2,1-6H3,(H,30,37). The van der Waals surface area contributed by atoms with Gasteiger partial charge in [0.15, 0.2) is 5.82 Å². The van der Waals surface area contributed by atoms with Crippen LogP contribution in [0.5, 0.6) is 5.75 Å². The Morgan fingerprint density at radius 3 is 2.47 bits per heavy atom. The zero-order valence-corrected chi connectivity index (χ0v) is 23.2. The van der Waals surface area contributed by atoms with E-state index in [4.69, 9.17) is 4.74 Å². The lowest BCUT2D eigenvalue weighted by molar-refractivity contribution is 0.186. The summed E-state index contributed by atoms with van der Waals surface area (Å²) in [6.45, 7) is 13.5. The van der Waals surface area contributed by atoms with Crippen LogP contribution in [0.15, 0.2) is 47.3 Å². The summed E-state index contributed by atoms with van der Waals surface area (Å²) >= 11 is 0. The Kier molecular flexibility index (Phi) is 6.96. The van der Waals surface area contributed by atoms with E-state index in [2.05, 4.69) is 70.1 Å². The number of aromatic nitrogens is 5. The Morgan fingerprint density at radius 2 is 1.76 bits per heavy atom. The van der Waals surface area contributed by atoms with E-state index in [1.807, 2.05) is 41.9 Å². The lowest BCUT2D eigenvalue weighted by atomic mass is 9.97. The van der Waals surface area contributed by atoms with Crippen molar-refractivity contribution < 1.29 is 4.74 Å². The number of pyridine rings is 1. The van der Waals surface area contributed by atoms with E-state index in [0.29, 0.717) is 11.4 Å². The quantitative estimate of drug-likeness (QED) is 0.394. The van der Waals surface area contributed by atoms with E-state index < -0.39 is 0 Å². The molecule has 0 radical (unpaired) electrons. The highest BCUT2D eigenvalue weighted by Gasteiger charge is 2.36. The number of piperazine rings is 1. The van der Waals surface area contributed by atoms with Gasteiger partial charge in [-0.05, 0) is 73.9 Å². The van der Waals surface area contributed by atoms with E-state index in [1.54, 1.807) is 7.11 Å². The van der Waals surface area contributed by atoms with Gasteiger partial charge in [-0.2, -0.15) is 0 Å². The molecule has 1 N–H and O–H groups in total. The number of hydrogen-bond acceptors (Lipinski definition) is 7. The van der Waals surface area contributed by atoms with Crippen LogP contribution in [0.1, 0.15) is 55.7 Å². The monoisotopic (exact) mass is 515 g/mol. The van der Waals surface area contributed by atoms with Crippen molar-refractivity contribution in [1.82, 2.24) is 30.1 Å². The van der Waals surface area contributed by atoms with Gasteiger partial charge in [0.2, 0.25) is 0 Å². The Balaban J connectivity index is 1.59. The molecule has 1 saturated heterocycles. The fraction of sp³-hybridized carbons (Fsp3) is 0.448. The molecule has 2 aromatic carbocycles. The van der Waals surface area contributed by atoms with Gasteiger partial charge in [0.25, 0.3) is 5.56 Å². The number of H-pyrrole nitrogens is 1. The summed E-state index contributed by atoms with van der Waals surface area (Å²) in [5.74, 6) is 1.56. The molecule has 1 unspecified atom stereocenters. The van der Waals surface area contributed by atoms with Crippen LogP contribution in [-0.4, -0.2) is 63.4 Å². The van der Waals surface area contributed by atoms with Crippen molar-refractivity contribution in [3.63, 3.8) is 0 Å². The summed E-state index contributed by atoms with van der Waals surface area (Å²) in [6.07, 6.45) is 0.853. The van der Waals surface area contributed by atoms with Crippen LogP contribution in [0.4, 0.5) is 5.69 Å². The van der Waals surface area contributed by atoms with Crippen molar-refractivity contribution in [3.05, 3.63) is 75.3 Å². The topological polar surface area (TPSA) is 92.2 Å². The van der Waals surface area contributed by atoms with Gasteiger partial charge in [0.05, 0.1) is 23.9 Å². The highest BCUT2D eigenvalue weighted by Crippen LogP contribution is 2.34. The van der Waals surface area contributed by atoms with Gasteiger partial charge in [0.1, 0.15) is 11.8 Å². The van der Waals surface area contributed by atoms with Gasteiger partial charge in [-0.3, -0.25) is 9.69 Å². The number of aryl methyl sites for hydroxylation is 2. The SMILES string of the molecule is CCC(C)(C)n1nnnc1C(c1cc2c(C)ccc(C)c2[nH]c1=O)N1CCN(c2ccccc2OC)CC1. The number of benzene rings is 2. The zero-order chi connectivity index (χ0) is 27.0. The summed E-state index contributed by atoms with van der Waals surface area (Å²) in [4.78, 5) is 21.5. The number of methoxy groups -OCH3 is 1. The lowest BCUT2D eigenvalue weighted by Gasteiger charge is -2.40. The first kappa shape index (κ1) is 25.9. The van der Waals surface area contributed by atoms with Crippen LogP contribution in [0, 0.1) is 13.8 Å². The molecule has 1 atom stereocenters. The smallest absolute Gasteiger partial charge is 0.253 e. The van der Waals surface area contributed by atoms with Crippen LogP contribution in [-0.2, 0) is 5.54 Å². The number of tetrazole rings is 1. The molecular weight excluding hydrogens is 478 g/mol. The number of aromatic amines is 1. The first-order valence-electron chi connectivity index (χ1n) is 13.3. The summed E-state index contributed by atoms with van der Waals surface area (Å²) in [5.41, 5.74) is 4.40. The van der Waals surface area contributed by atoms with Gasteiger partial charge in [-0.15, -0.1) is 5.10 Å². The maximum atomic E-state index is 13.7. The molecule has 0 saturated carbocycles. The van der Waals surface area contributed by atoms with E-state index >= 15 is 0 Å². The first-order valence-corrected chi connectivity index (χ1v) is 13.3. The van der Waals surface area contributed by atoms with Gasteiger partial charge in [-0.25, -0.2) is 4.68 Å². The number of nitrogens with one attached hydrogen (secondary N) is 1. The third kappa shape index (κ3) is 4.55. The predicted octanol–water partition coefficient (Wildman–Crippen LogP) is 4.20. The molecule has 1 fully saturated rings. The van der Waals surface area contributed by atoms with Crippen LogP contribution >= 0.6 is 0 Å². The maximum Gasteiger partial charge on any atom is 0.253 e. The van der Waals surface area contributed by atoms with Crippen LogP contribution in [0.25, 0.3) is 10.9 Å². The molecule has 1 aliphatic rings. The molecule has 200 valence electrons. The summed E-state index contributed by atoms with van der Waals surface area (Å²) in [6, 6.07) is 13.9. The molecule has 1 aliphatic heterocycles. The van der Waals surface area contributed by atoms with Crippen molar-refractivity contribution in [2.75, 3.05) is 38.2 Å². The minimum Gasteiger partial charge on any atom is -0.495 e. The molecule has 9 nitrogen and oxygen atoms in total. The summed E-state index contributed by atoms with van der Waals surface area (Å²) in [5, 5.41) is 14.1. The van der Waals surface area contributed by atoms with Gasteiger partial charge in [-0.1, -0.05) is 31.2 Å². The third-order valence-electron chi connectivity index (χ3n) is 8.05. The molecule has 0 amide bonds. The third-order valence-corrected chi connectivity index (χ3v) is 8.05.